The standard InChI is InChI=1S/C24H26FN3O/c1-5-22(15-26-17(2)3)28-13-12-24(18(28)4)29-23-11-10-21(27-16-23)14-19-6-8-20(25)9-7-19/h5-11,15-16,24H,1,4,12-14H2,2-3H3/b22-15+/t24-/m1/s1. The average Bonchev–Trinajstić information content (AvgIpc) is 3.06. The molecule has 29 heavy (non-hydrogen) atoms. The lowest BCUT2D eigenvalue weighted by Gasteiger charge is -2.22. The van der Waals surface area contributed by atoms with Crippen LogP contribution in [0.15, 0.2) is 84.4 Å². The molecule has 0 bridgehead atoms. The maximum atomic E-state index is 13.0. The van der Waals surface area contributed by atoms with Gasteiger partial charge < -0.3 is 9.64 Å². The van der Waals surface area contributed by atoms with Crippen LogP contribution in [0, 0.1) is 5.82 Å². The molecule has 3 rings (SSSR count). The normalized spacial score (nSPS) is 16.7. The van der Waals surface area contributed by atoms with Crippen molar-refractivity contribution in [3.63, 3.8) is 0 Å². The number of hydrogen-bond acceptors (Lipinski definition) is 4. The van der Waals surface area contributed by atoms with Crippen molar-refractivity contribution in [1.29, 1.82) is 0 Å². The van der Waals surface area contributed by atoms with Crippen molar-refractivity contribution in [1.82, 2.24) is 9.88 Å². The van der Waals surface area contributed by atoms with E-state index in [1.165, 1.54) is 12.1 Å². The largest absolute Gasteiger partial charge is 0.483 e. The highest BCUT2D eigenvalue weighted by molar-refractivity contribution is 5.79. The number of halogens is 1. The van der Waals surface area contributed by atoms with Crippen molar-refractivity contribution in [2.24, 2.45) is 4.99 Å². The quantitative estimate of drug-likeness (QED) is 0.476. The molecular weight excluding hydrogens is 365 g/mol. The Bertz CT molecular complexity index is 926. The molecule has 5 heteroatoms. The summed E-state index contributed by atoms with van der Waals surface area (Å²) in [5, 5.41) is 0. The van der Waals surface area contributed by atoms with Gasteiger partial charge in [-0.25, -0.2) is 4.39 Å². The molecule has 4 nitrogen and oxygen atoms in total. The maximum absolute atomic E-state index is 13.0. The highest BCUT2D eigenvalue weighted by atomic mass is 19.1. The van der Waals surface area contributed by atoms with E-state index < -0.39 is 0 Å². The van der Waals surface area contributed by atoms with Crippen LogP contribution in [0.25, 0.3) is 0 Å². The van der Waals surface area contributed by atoms with Crippen molar-refractivity contribution in [2.75, 3.05) is 6.54 Å². The fourth-order valence-corrected chi connectivity index (χ4v) is 3.14. The van der Waals surface area contributed by atoms with Gasteiger partial charge in [-0.1, -0.05) is 25.3 Å². The van der Waals surface area contributed by atoms with Gasteiger partial charge in [0, 0.05) is 30.8 Å². The maximum Gasteiger partial charge on any atom is 0.140 e. The molecule has 1 aromatic carbocycles. The number of aliphatic imine (C=N–C) groups is 1. The molecule has 0 unspecified atom stereocenters. The molecule has 0 radical (unpaired) electrons. The van der Waals surface area contributed by atoms with Gasteiger partial charge in [-0.15, -0.1) is 0 Å². The second-order valence-corrected chi connectivity index (χ2v) is 7.16. The van der Waals surface area contributed by atoms with Gasteiger partial charge in [-0.3, -0.25) is 9.98 Å². The summed E-state index contributed by atoms with van der Waals surface area (Å²) in [7, 11) is 0. The predicted octanol–water partition coefficient (Wildman–Crippen LogP) is 5.29. The third kappa shape index (κ3) is 5.41. The molecule has 2 aromatic rings. The highest BCUT2D eigenvalue weighted by Crippen LogP contribution is 2.29. The fourth-order valence-electron chi connectivity index (χ4n) is 3.14. The third-order valence-corrected chi connectivity index (χ3v) is 4.68. The number of likely N-dealkylation sites (tertiary alicyclic amines) is 1. The van der Waals surface area contributed by atoms with Gasteiger partial charge in [0.25, 0.3) is 0 Å². The van der Waals surface area contributed by atoms with Crippen molar-refractivity contribution < 1.29 is 9.13 Å². The van der Waals surface area contributed by atoms with Crippen molar-refractivity contribution in [3.8, 4) is 5.75 Å². The molecule has 1 fully saturated rings. The van der Waals surface area contributed by atoms with Gasteiger partial charge in [0.1, 0.15) is 17.7 Å². The first-order chi connectivity index (χ1) is 14.0. The molecule has 2 heterocycles. The van der Waals surface area contributed by atoms with Crippen LogP contribution >= 0.6 is 0 Å². The number of pyridine rings is 1. The topological polar surface area (TPSA) is 37.7 Å². The van der Waals surface area contributed by atoms with Gasteiger partial charge in [-0.2, -0.15) is 0 Å². The van der Waals surface area contributed by atoms with Gasteiger partial charge in [-0.05, 0) is 49.8 Å². The van der Waals surface area contributed by atoms with E-state index in [0.717, 1.165) is 41.3 Å². The molecule has 0 amide bonds. The Labute approximate surface area is 171 Å². The van der Waals surface area contributed by atoms with E-state index in [9.17, 15) is 4.39 Å². The Hall–Kier alpha value is -3.21. The number of allylic oxidation sites excluding steroid dienone is 1. The molecule has 0 aliphatic carbocycles. The smallest absolute Gasteiger partial charge is 0.140 e. The van der Waals surface area contributed by atoms with E-state index in [1.807, 2.05) is 32.2 Å². The molecule has 1 aromatic heterocycles. The number of rotatable bonds is 7. The highest BCUT2D eigenvalue weighted by Gasteiger charge is 2.29. The molecule has 0 N–H and O–H groups in total. The van der Waals surface area contributed by atoms with E-state index in [-0.39, 0.29) is 11.9 Å². The van der Waals surface area contributed by atoms with E-state index in [4.69, 9.17) is 4.74 Å². The predicted molar refractivity (Wildman–Crippen MR) is 115 cm³/mol. The molecule has 1 atom stereocenters. The van der Waals surface area contributed by atoms with Crippen LogP contribution < -0.4 is 4.74 Å². The van der Waals surface area contributed by atoms with Gasteiger partial charge in [0.15, 0.2) is 0 Å². The summed E-state index contributed by atoms with van der Waals surface area (Å²) in [5.74, 6) is 0.467. The van der Waals surface area contributed by atoms with E-state index in [1.54, 1.807) is 24.4 Å². The van der Waals surface area contributed by atoms with E-state index in [0.29, 0.717) is 12.2 Å². The third-order valence-electron chi connectivity index (χ3n) is 4.68. The molecule has 0 saturated carbocycles. The number of ether oxygens (including phenoxy) is 1. The second kappa shape index (κ2) is 9.32. The van der Waals surface area contributed by atoms with E-state index in [2.05, 4.69) is 28.0 Å². The summed E-state index contributed by atoms with van der Waals surface area (Å²) in [5.41, 5.74) is 4.70. The number of hydrogen-bond donors (Lipinski definition) is 0. The Morgan fingerprint density at radius 1 is 1.28 bits per heavy atom. The Kier molecular flexibility index (Phi) is 6.60. The summed E-state index contributed by atoms with van der Waals surface area (Å²) in [6.07, 6.45) is 6.68. The Balaban J connectivity index is 1.62. The van der Waals surface area contributed by atoms with Gasteiger partial charge in [0.2, 0.25) is 0 Å². The minimum atomic E-state index is -0.234. The summed E-state index contributed by atoms with van der Waals surface area (Å²) in [6, 6.07) is 10.3. The van der Waals surface area contributed by atoms with Crippen LogP contribution in [0.4, 0.5) is 4.39 Å². The van der Waals surface area contributed by atoms with Crippen molar-refractivity contribution in [3.05, 3.63) is 96.5 Å². The molecule has 150 valence electrons. The zero-order valence-corrected chi connectivity index (χ0v) is 16.9. The van der Waals surface area contributed by atoms with Crippen molar-refractivity contribution >= 4 is 5.71 Å². The van der Waals surface area contributed by atoms with Crippen molar-refractivity contribution in [2.45, 2.75) is 32.8 Å². The molecule has 1 aliphatic heterocycles. The van der Waals surface area contributed by atoms with Crippen LogP contribution in [0.3, 0.4) is 0 Å². The lowest BCUT2D eigenvalue weighted by molar-refractivity contribution is 0.241. The van der Waals surface area contributed by atoms with Crippen LogP contribution in [0.5, 0.6) is 5.75 Å². The van der Waals surface area contributed by atoms with Crippen LogP contribution in [-0.2, 0) is 6.42 Å². The fraction of sp³-hybridized carbons (Fsp3) is 0.250. The minimum absolute atomic E-state index is 0.116. The van der Waals surface area contributed by atoms with Crippen LogP contribution in [0.2, 0.25) is 0 Å². The average molecular weight is 391 g/mol. The first kappa shape index (κ1) is 20.5. The number of nitrogens with zero attached hydrogens (tertiary/aromatic N) is 3. The zero-order valence-electron chi connectivity index (χ0n) is 16.9. The molecular formula is C24H26FN3O. The molecule has 1 saturated heterocycles. The van der Waals surface area contributed by atoms with Crippen LogP contribution in [-0.4, -0.2) is 28.2 Å². The lowest BCUT2D eigenvalue weighted by Crippen LogP contribution is -2.20. The Morgan fingerprint density at radius 3 is 2.66 bits per heavy atom. The first-order valence-corrected chi connectivity index (χ1v) is 9.62. The van der Waals surface area contributed by atoms with Gasteiger partial charge in [0.05, 0.1) is 23.8 Å². The monoisotopic (exact) mass is 391 g/mol. The summed E-state index contributed by atoms with van der Waals surface area (Å²) in [4.78, 5) is 10.9. The lowest BCUT2D eigenvalue weighted by atomic mass is 10.1. The summed E-state index contributed by atoms with van der Waals surface area (Å²) in [6.45, 7) is 12.8. The summed E-state index contributed by atoms with van der Waals surface area (Å²) >= 11 is 0. The number of benzene rings is 1. The molecule has 0 spiro atoms. The SMILES string of the molecule is C=C/C(=C\N=C(C)C)N1CC[C@@H](Oc2ccc(Cc3ccc(F)cc3)nc2)C1=C. The molecule has 1 aliphatic rings. The number of aromatic nitrogens is 1. The van der Waals surface area contributed by atoms with E-state index >= 15 is 0 Å². The second-order valence-electron chi connectivity index (χ2n) is 7.16. The zero-order chi connectivity index (χ0) is 20.8. The van der Waals surface area contributed by atoms with Crippen LogP contribution in [0.1, 0.15) is 31.5 Å². The summed E-state index contributed by atoms with van der Waals surface area (Å²) < 4.78 is 19.1. The Morgan fingerprint density at radius 2 is 2.03 bits per heavy atom. The van der Waals surface area contributed by atoms with Gasteiger partial charge >= 0.3 is 0 Å². The minimum Gasteiger partial charge on any atom is -0.483 e. The first-order valence-electron chi connectivity index (χ1n) is 9.62.